The van der Waals surface area contributed by atoms with Crippen LogP contribution in [0.2, 0.25) is 5.15 Å². The van der Waals surface area contributed by atoms with Crippen molar-refractivity contribution < 1.29 is 23.0 Å². The molecule has 4 rings (SSSR count). The fourth-order valence-corrected chi connectivity index (χ4v) is 5.32. The molecule has 5 unspecified atom stereocenters. The fraction of sp³-hybridized carbons (Fsp3) is 0.577. The maximum absolute atomic E-state index is 14.9. The number of nitrogens with one attached hydrogen (secondary N) is 1. The highest BCUT2D eigenvalue weighted by Gasteiger charge is 2.43. The van der Waals surface area contributed by atoms with Crippen LogP contribution in [-0.2, 0) is 4.74 Å². The van der Waals surface area contributed by atoms with Crippen LogP contribution in [0.15, 0.2) is 30.3 Å². The summed E-state index contributed by atoms with van der Waals surface area (Å²) in [6.07, 6.45) is -0.406. The number of carbonyl (C=O) groups is 1. The molecule has 0 bridgehead atoms. The number of alkyl halides is 1. The van der Waals surface area contributed by atoms with E-state index in [9.17, 15) is 13.6 Å². The molecule has 7 nitrogen and oxygen atoms in total. The molecule has 1 N–H and O–H groups in total. The first-order valence-corrected chi connectivity index (χ1v) is 12.6. The molecule has 1 aromatic carbocycles. The number of carbonyl (C=O) groups excluding carboxylic acids is 1. The van der Waals surface area contributed by atoms with Crippen LogP contribution < -0.4 is 10.1 Å². The molecule has 0 spiro atoms. The molecule has 1 aliphatic carbocycles. The smallest absolute Gasteiger partial charge is 0.407 e. The second-order valence-electron chi connectivity index (χ2n) is 10.7. The van der Waals surface area contributed by atoms with Crippen molar-refractivity contribution in [2.24, 2.45) is 0 Å². The van der Waals surface area contributed by atoms with Gasteiger partial charge in [0.2, 0.25) is 5.88 Å². The van der Waals surface area contributed by atoms with Crippen molar-refractivity contribution in [2.45, 2.75) is 82.8 Å². The quantitative estimate of drug-likeness (QED) is 0.581. The van der Waals surface area contributed by atoms with Crippen LogP contribution in [0.1, 0.15) is 57.1 Å². The molecule has 10 heteroatoms. The van der Waals surface area contributed by atoms with E-state index in [2.05, 4.69) is 15.5 Å². The zero-order valence-electron chi connectivity index (χ0n) is 21.0. The summed E-state index contributed by atoms with van der Waals surface area (Å²) in [6, 6.07) is 7.62. The molecule has 1 aliphatic heterocycles. The minimum atomic E-state index is -1.11. The predicted octanol–water partition coefficient (Wildman–Crippen LogP) is 5.21. The Morgan fingerprint density at radius 1 is 1.14 bits per heavy atom. The third-order valence-electron chi connectivity index (χ3n) is 6.60. The molecule has 1 saturated carbocycles. The van der Waals surface area contributed by atoms with Gasteiger partial charge in [0, 0.05) is 37.2 Å². The second kappa shape index (κ2) is 10.8. The Balaban J connectivity index is 1.54. The maximum Gasteiger partial charge on any atom is 0.407 e. The van der Waals surface area contributed by atoms with E-state index < -0.39 is 23.9 Å². The van der Waals surface area contributed by atoms with E-state index in [4.69, 9.17) is 21.1 Å². The predicted molar refractivity (Wildman–Crippen MR) is 133 cm³/mol. The van der Waals surface area contributed by atoms with Crippen LogP contribution in [0, 0.1) is 12.7 Å². The number of rotatable bonds is 5. The molecule has 5 atom stereocenters. The lowest BCUT2D eigenvalue weighted by Gasteiger charge is -2.40. The van der Waals surface area contributed by atoms with E-state index in [1.165, 1.54) is 12.1 Å². The average molecular weight is 523 g/mol. The summed E-state index contributed by atoms with van der Waals surface area (Å²) < 4.78 is 40.1. The van der Waals surface area contributed by atoms with E-state index >= 15 is 0 Å². The van der Waals surface area contributed by atoms with Crippen LogP contribution in [0.5, 0.6) is 5.88 Å². The number of amides is 1. The van der Waals surface area contributed by atoms with E-state index in [0.717, 1.165) is 11.1 Å². The van der Waals surface area contributed by atoms with Gasteiger partial charge in [-0.15, -0.1) is 10.2 Å². The SMILES string of the molecule is Cc1cc(Cl)nnc1OC1CC(c2ccc(F)cc2)CC1N1CC(F)CC(NC(=O)OC(C)(C)C)C1. The first kappa shape index (κ1) is 26.5. The molecule has 2 aromatic rings. The average Bonchev–Trinajstić information content (AvgIpc) is 3.18. The van der Waals surface area contributed by atoms with E-state index in [-0.39, 0.29) is 42.0 Å². The third kappa shape index (κ3) is 6.82. The molecular formula is C26H33ClF2N4O3. The molecule has 1 saturated heterocycles. The summed E-state index contributed by atoms with van der Waals surface area (Å²) in [4.78, 5) is 14.4. The lowest BCUT2D eigenvalue weighted by Crippen LogP contribution is -2.57. The van der Waals surface area contributed by atoms with Gasteiger partial charge >= 0.3 is 6.09 Å². The number of aryl methyl sites for hydroxylation is 1. The second-order valence-corrected chi connectivity index (χ2v) is 11.1. The minimum Gasteiger partial charge on any atom is -0.471 e. The van der Waals surface area contributed by atoms with Crippen LogP contribution in [0.3, 0.4) is 0 Å². The summed E-state index contributed by atoms with van der Waals surface area (Å²) >= 11 is 5.96. The van der Waals surface area contributed by atoms with Crippen molar-refractivity contribution in [2.75, 3.05) is 13.1 Å². The van der Waals surface area contributed by atoms with Crippen LogP contribution >= 0.6 is 11.6 Å². The number of hydrogen-bond acceptors (Lipinski definition) is 6. The highest BCUT2D eigenvalue weighted by molar-refractivity contribution is 6.29. The van der Waals surface area contributed by atoms with Crippen molar-refractivity contribution in [1.82, 2.24) is 20.4 Å². The van der Waals surface area contributed by atoms with Crippen molar-refractivity contribution in [3.05, 3.63) is 52.4 Å². The summed E-state index contributed by atoms with van der Waals surface area (Å²) in [5, 5.41) is 11.1. The Morgan fingerprint density at radius 2 is 1.86 bits per heavy atom. The van der Waals surface area contributed by atoms with Gasteiger partial charge in [0.15, 0.2) is 5.15 Å². The molecule has 1 amide bonds. The maximum atomic E-state index is 14.9. The van der Waals surface area contributed by atoms with Crippen molar-refractivity contribution in [1.29, 1.82) is 0 Å². The monoisotopic (exact) mass is 522 g/mol. The molecule has 196 valence electrons. The van der Waals surface area contributed by atoms with Crippen LogP contribution in [0.25, 0.3) is 0 Å². The van der Waals surface area contributed by atoms with E-state index in [1.54, 1.807) is 39.0 Å². The van der Waals surface area contributed by atoms with Gasteiger partial charge in [-0.2, -0.15) is 0 Å². The standard InChI is InChI=1S/C26H33ClF2N4O3/c1-15-9-23(27)31-32-24(15)35-22-11-17(16-5-7-18(28)8-6-16)10-21(22)33-13-19(29)12-20(14-33)30-25(34)36-26(2,3)4/h5-9,17,19-22H,10-14H2,1-4H3,(H,30,34). The van der Waals surface area contributed by atoms with Gasteiger partial charge in [-0.25, -0.2) is 13.6 Å². The highest BCUT2D eigenvalue weighted by Crippen LogP contribution is 2.40. The largest absolute Gasteiger partial charge is 0.471 e. The van der Waals surface area contributed by atoms with Crippen molar-refractivity contribution >= 4 is 17.7 Å². The fourth-order valence-electron chi connectivity index (χ4n) is 5.12. The van der Waals surface area contributed by atoms with Crippen molar-refractivity contribution in [3.63, 3.8) is 0 Å². The topological polar surface area (TPSA) is 76.6 Å². The molecule has 0 radical (unpaired) electrons. The molecule has 1 aromatic heterocycles. The molecule has 2 fully saturated rings. The van der Waals surface area contributed by atoms with Crippen LogP contribution in [-0.4, -0.2) is 64.2 Å². The Labute approximate surface area is 215 Å². The zero-order valence-corrected chi connectivity index (χ0v) is 21.8. The lowest BCUT2D eigenvalue weighted by molar-refractivity contribution is 0.0209. The summed E-state index contributed by atoms with van der Waals surface area (Å²) in [6.45, 7) is 7.90. The number of halogens is 3. The molecule has 36 heavy (non-hydrogen) atoms. The van der Waals surface area contributed by atoms with Gasteiger partial charge in [-0.1, -0.05) is 23.7 Å². The van der Waals surface area contributed by atoms with Gasteiger partial charge in [0.25, 0.3) is 0 Å². The Bertz CT molecular complexity index is 1070. The van der Waals surface area contributed by atoms with Gasteiger partial charge in [-0.05, 0) is 70.2 Å². The summed E-state index contributed by atoms with van der Waals surface area (Å²) in [7, 11) is 0. The van der Waals surface area contributed by atoms with Gasteiger partial charge in [0.05, 0.1) is 0 Å². The van der Waals surface area contributed by atoms with E-state index in [1.807, 2.05) is 11.8 Å². The number of benzene rings is 1. The van der Waals surface area contributed by atoms with Gasteiger partial charge in [0.1, 0.15) is 23.7 Å². The number of ether oxygens (including phenoxy) is 2. The Kier molecular flexibility index (Phi) is 7.99. The third-order valence-corrected chi connectivity index (χ3v) is 6.79. The lowest BCUT2D eigenvalue weighted by atomic mass is 9.96. The highest BCUT2D eigenvalue weighted by atomic mass is 35.5. The molecule has 2 aliphatic rings. The minimum absolute atomic E-state index is 0.0958. The number of hydrogen-bond donors (Lipinski definition) is 1. The first-order chi connectivity index (χ1) is 17.0. The van der Waals surface area contributed by atoms with Gasteiger partial charge in [-0.3, -0.25) is 4.90 Å². The van der Waals surface area contributed by atoms with Crippen LogP contribution in [0.4, 0.5) is 13.6 Å². The molecule has 2 heterocycles. The number of piperidine rings is 1. The number of aromatic nitrogens is 2. The number of nitrogens with zero attached hydrogens (tertiary/aromatic N) is 3. The number of alkyl carbamates (subject to hydrolysis) is 1. The summed E-state index contributed by atoms with van der Waals surface area (Å²) in [5.74, 6) is 0.185. The first-order valence-electron chi connectivity index (χ1n) is 12.3. The van der Waals surface area contributed by atoms with Crippen molar-refractivity contribution in [3.8, 4) is 5.88 Å². The Hall–Kier alpha value is -2.52. The number of likely N-dealkylation sites (tertiary alicyclic amines) is 1. The molecular weight excluding hydrogens is 490 g/mol. The Morgan fingerprint density at radius 3 is 2.53 bits per heavy atom. The summed E-state index contributed by atoms with van der Waals surface area (Å²) in [5.41, 5.74) is 1.12. The van der Waals surface area contributed by atoms with E-state index in [0.29, 0.717) is 25.3 Å². The van der Waals surface area contributed by atoms with Gasteiger partial charge < -0.3 is 14.8 Å². The normalized spacial score (nSPS) is 27.0. The zero-order chi connectivity index (χ0) is 26.0.